The van der Waals surface area contributed by atoms with Crippen LogP contribution in [0.1, 0.15) is 5.56 Å². The Labute approximate surface area is 169 Å². The number of aromatic hydroxyl groups is 1. The highest BCUT2D eigenvalue weighted by Crippen LogP contribution is 2.16. The van der Waals surface area contributed by atoms with E-state index < -0.39 is 24.0 Å². The van der Waals surface area contributed by atoms with Gasteiger partial charge in [0.15, 0.2) is 12.2 Å². The first-order chi connectivity index (χ1) is 14.0. The Morgan fingerprint density at radius 2 is 1.52 bits per heavy atom. The molecule has 2 aromatic carbocycles. The van der Waals surface area contributed by atoms with Crippen LogP contribution < -0.4 is 10.2 Å². The maximum atomic E-state index is 12.5. The Hall–Kier alpha value is -3.10. The zero-order chi connectivity index (χ0) is 20.8. The molecule has 0 bridgehead atoms. The van der Waals surface area contributed by atoms with Crippen LogP contribution in [-0.4, -0.2) is 70.4 Å². The molecule has 8 nitrogen and oxygen atoms in total. The van der Waals surface area contributed by atoms with Gasteiger partial charge in [-0.05, 0) is 29.8 Å². The van der Waals surface area contributed by atoms with Gasteiger partial charge in [-0.3, -0.25) is 9.59 Å². The highest BCUT2D eigenvalue weighted by molar-refractivity contribution is 5.90. The molecule has 1 saturated heterocycles. The van der Waals surface area contributed by atoms with Crippen molar-refractivity contribution in [3.63, 3.8) is 0 Å². The third-order valence-electron chi connectivity index (χ3n) is 4.94. The van der Waals surface area contributed by atoms with Gasteiger partial charge in [-0.15, -0.1) is 0 Å². The summed E-state index contributed by atoms with van der Waals surface area (Å²) in [6, 6.07) is 16.0. The number of carbonyl (C=O) groups is 2. The summed E-state index contributed by atoms with van der Waals surface area (Å²) in [7, 11) is 0. The topological polar surface area (TPSA) is 113 Å². The second-order valence-corrected chi connectivity index (χ2v) is 6.92. The fraction of sp³-hybridized carbons (Fsp3) is 0.333. The summed E-state index contributed by atoms with van der Waals surface area (Å²) in [4.78, 5) is 28.2. The molecule has 4 N–H and O–H groups in total. The van der Waals surface area contributed by atoms with Gasteiger partial charge in [0, 0.05) is 38.4 Å². The lowest BCUT2D eigenvalue weighted by Crippen LogP contribution is -2.55. The third kappa shape index (κ3) is 5.24. The molecule has 0 unspecified atom stereocenters. The third-order valence-corrected chi connectivity index (χ3v) is 4.94. The zero-order valence-corrected chi connectivity index (χ0v) is 15.9. The molecule has 0 radical (unpaired) electrons. The summed E-state index contributed by atoms with van der Waals surface area (Å²) in [5.41, 5.74) is 1.77. The average molecular weight is 399 g/mol. The standard InChI is InChI=1S/C21H25N3O5/c25-17-8-6-15(7-9-17)14-22-20(28)18(26)19(27)21(29)24-12-10-23(11-13-24)16-4-2-1-3-5-16/h1-9,18-19,25-27H,10-14H2,(H,22,28)/t18-,19-/m1/s1. The van der Waals surface area contributed by atoms with Crippen molar-refractivity contribution in [1.82, 2.24) is 10.2 Å². The Morgan fingerprint density at radius 1 is 0.897 bits per heavy atom. The van der Waals surface area contributed by atoms with Gasteiger partial charge in [-0.25, -0.2) is 0 Å². The Morgan fingerprint density at radius 3 is 2.14 bits per heavy atom. The van der Waals surface area contributed by atoms with E-state index in [0.29, 0.717) is 31.7 Å². The van der Waals surface area contributed by atoms with Crippen LogP contribution in [0.4, 0.5) is 5.69 Å². The number of nitrogens with zero attached hydrogens (tertiary/aromatic N) is 2. The van der Waals surface area contributed by atoms with Gasteiger partial charge >= 0.3 is 0 Å². The predicted molar refractivity (Wildman–Crippen MR) is 107 cm³/mol. The largest absolute Gasteiger partial charge is 0.508 e. The number of aliphatic hydroxyl groups excluding tert-OH is 2. The summed E-state index contributed by atoms with van der Waals surface area (Å²) in [6.07, 6.45) is -3.68. The fourth-order valence-corrected chi connectivity index (χ4v) is 3.20. The molecule has 154 valence electrons. The number of phenols is 1. The molecule has 0 spiro atoms. The Kier molecular flexibility index (Phi) is 6.69. The average Bonchev–Trinajstić information content (AvgIpc) is 2.77. The van der Waals surface area contributed by atoms with Gasteiger partial charge in [0.2, 0.25) is 0 Å². The van der Waals surface area contributed by atoms with Gasteiger partial charge in [0.25, 0.3) is 11.8 Å². The van der Waals surface area contributed by atoms with Crippen molar-refractivity contribution in [2.75, 3.05) is 31.1 Å². The minimum Gasteiger partial charge on any atom is -0.508 e. The highest BCUT2D eigenvalue weighted by Gasteiger charge is 2.34. The van der Waals surface area contributed by atoms with E-state index in [1.54, 1.807) is 12.1 Å². The lowest BCUT2D eigenvalue weighted by Gasteiger charge is -2.37. The van der Waals surface area contributed by atoms with E-state index in [2.05, 4.69) is 10.2 Å². The molecule has 1 heterocycles. The molecule has 1 aliphatic heterocycles. The van der Waals surface area contributed by atoms with E-state index in [1.165, 1.54) is 17.0 Å². The number of amides is 2. The molecule has 2 atom stereocenters. The van der Waals surface area contributed by atoms with Crippen LogP contribution in [0.3, 0.4) is 0 Å². The molecule has 8 heteroatoms. The normalized spacial score (nSPS) is 16.2. The highest BCUT2D eigenvalue weighted by atomic mass is 16.3. The SMILES string of the molecule is O=C(NCc1ccc(O)cc1)[C@H](O)[C@@H](O)C(=O)N1CCN(c2ccccc2)CC1. The summed E-state index contributed by atoms with van der Waals surface area (Å²) in [5.74, 6) is -1.39. The van der Waals surface area contributed by atoms with Gasteiger partial charge in [0.1, 0.15) is 5.75 Å². The summed E-state index contributed by atoms with van der Waals surface area (Å²) < 4.78 is 0. The molecule has 1 aliphatic rings. The van der Waals surface area contributed by atoms with Gasteiger partial charge in [0.05, 0.1) is 0 Å². The van der Waals surface area contributed by atoms with E-state index in [0.717, 1.165) is 5.69 Å². The van der Waals surface area contributed by atoms with Gasteiger partial charge < -0.3 is 30.4 Å². The first-order valence-electron chi connectivity index (χ1n) is 9.46. The smallest absolute Gasteiger partial charge is 0.254 e. The number of benzene rings is 2. The molecular weight excluding hydrogens is 374 g/mol. The zero-order valence-electron chi connectivity index (χ0n) is 15.9. The van der Waals surface area contributed by atoms with Crippen molar-refractivity contribution < 1.29 is 24.9 Å². The number of rotatable bonds is 6. The second kappa shape index (κ2) is 9.40. The number of nitrogens with one attached hydrogen (secondary N) is 1. The number of carbonyl (C=O) groups excluding carboxylic acids is 2. The molecule has 3 rings (SSSR count). The van der Waals surface area contributed by atoms with Crippen molar-refractivity contribution in [2.24, 2.45) is 0 Å². The molecule has 0 saturated carbocycles. The molecule has 2 aromatic rings. The first kappa shape index (κ1) is 20.6. The minimum atomic E-state index is -1.85. The van der Waals surface area contributed by atoms with E-state index in [1.807, 2.05) is 30.3 Å². The quantitative estimate of drug-likeness (QED) is 0.547. The molecule has 1 fully saturated rings. The number of para-hydroxylation sites is 1. The summed E-state index contributed by atoms with van der Waals surface area (Å²) >= 11 is 0. The lowest BCUT2D eigenvalue weighted by molar-refractivity contribution is -0.153. The van der Waals surface area contributed by atoms with Crippen LogP contribution in [0.25, 0.3) is 0 Å². The van der Waals surface area contributed by atoms with E-state index >= 15 is 0 Å². The number of piperazine rings is 1. The first-order valence-corrected chi connectivity index (χ1v) is 9.46. The van der Waals surface area contributed by atoms with Crippen molar-refractivity contribution in [3.05, 3.63) is 60.2 Å². The van der Waals surface area contributed by atoms with Crippen molar-refractivity contribution in [3.8, 4) is 5.75 Å². The number of aliphatic hydroxyl groups is 2. The fourth-order valence-electron chi connectivity index (χ4n) is 3.20. The van der Waals surface area contributed by atoms with Crippen molar-refractivity contribution >= 4 is 17.5 Å². The van der Waals surface area contributed by atoms with Gasteiger partial charge in [-0.2, -0.15) is 0 Å². The van der Waals surface area contributed by atoms with Crippen molar-refractivity contribution in [1.29, 1.82) is 0 Å². The molecule has 29 heavy (non-hydrogen) atoms. The maximum absolute atomic E-state index is 12.5. The Balaban J connectivity index is 1.48. The van der Waals surface area contributed by atoms with E-state index in [-0.39, 0.29) is 12.3 Å². The molecular formula is C21H25N3O5. The number of hydrogen-bond acceptors (Lipinski definition) is 6. The van der Waals surface area contributed by atoms with Crippen molar-refractivity contribution in [2.45, 2.75) is 18.8 Å². The van der Waals surface area contributed by atoms with Crippen LogP contribution >= 0.6 is 0 Å². The van der Waals surface area contributed by atoms with Crippen LogP contribution in [0.15, 0.2) is 54.6 Å². The number of hydrogen-bond donors (Lipinski definition) is 4. The molecule has 2 amide bonds. The summed E-state index contributed by atoms with van der Waals surface area (Å²) in [6.45, 7) is 2.10. The molecule has 0 aliphatic carbocycles. The predicted octanol–water partition coefficient (Wildman–Crippen LogP) is 0.0790. The monoisotopic (exact) mass is 399 g/mol. The van der Waals surface area contributed by atoms with Gasteiger partial charge in [-0.1, -0.05) is 30.3 Å². The van der Waals surface area contributed by atoms with Crippen LogP contribution in [0, 0.1) is 0 Å². The van der Waals surface area contributed by atoms with E-state index in [9.17, 15) is 24.9 Å². The molecule has 0 aromatic heterocycles. The second-order valence-electron chi connectivity index (χ2n) is 6.92. The lowest BCUT2D eigenvalue weighted by atomic mass is 10.1. The Bertz CT molecular complexity index is 820. The minimum absolute atomic E-state index is 0.104. The maximum Gasteiger partial charge on any atom is 0.254 e. The number of phenolic OH excluding ortho intramolecular Hbond substituents is 1. The van der Waals surface area contributed by atoms with Crippen LogP contribution in [0.5, 0.6) is 5.75 Å². The van der Waals surface area contributed by atoms with E-state index in [4.69, 9.17) is 0 Å². The summed E-state index contributed by atoms with van der Waals surface area (Å²) in [5, 5.41) is 32.0. The van der Waals surface area contributed by atoms with Crippen LogP contribution in [-0.2, 0) is 16.1 Å². The van der Waals surface area contributed by atoms with Crippen LogP contribution in [0.2, 0.25) is 0 Å². The number of anilines is 1.